The summed E-state index contributed by atoms with van der Waals surface area (Å²) in [5.41, 5.74) is 1.97. The van der Waals surface area contributed by atoms with E-state index in [0.717, 1.165) is 16.4 Å². The molecule has 0 aromatic carbocycles. The van der Waals surface area contributed by atoms with Crippen LogP contribution in [-0.4, -0.2) is 40.1 Å². The monoisotopic (exact) mass is 305 g/mol. The molecule has 1 saturated heterocycles. The molecule has 3 rings (SSSR count). The molecular weight excluding hydrogens is 286 g/mol. The number of aryl methyl sites for hydroxylation is 2. The third-order valence-corrected chi connectivity index (χ3v) is 4.60. The van der Waals surface area contributed by atoms with Crippen LogP contribution in [-0.2, 0) is 23.0 Å². The highest BCUT2D eigenvalue weighted by molar-refractivity contribution is 7.09. The fourth-order valence-electron chi connectivity index (χ4n) is 2.71. The van der Waals surface area contributed by atoms with Crippen molar-refractivity contribution in [2.24, 2.45) is 7.05 Å². The number of ether oxygens (including phenoxy) is 1. The average Bonchev–Trinajstić information content (AvgIpc) is 3.07. The maximum atomic E-state index is 12.6. The Morgan fingerprint density at radius 2 is 2.43 bits per heavy atom. The maximum Gasteiger partial charge on any atom is 0.229 e. The molecule has 1 atom stereocenters. The Morgan fingerprint density at radius 3 is 3.10 bits per heavy atom. The molecule has 2 aromatic heterocycles. The zero-order chi connectivity index (χ0) is 14.8. The summed E-state index contributed by atoms with van der Waals surface area (Å²) in [6.45, 7) is 3.75. The molecule has 2 aromatic rings. The number of amides is 1. The van der Waals surface area contributed by atoms with Crippen LogP contribution < -0.4 is 0 Å². The molecule has 1 aliphatic rings. The number of thiazole rings is 1. The van der Waals surface area contributed by atoms with Gasteiger partial charge in [0.25, 0.3) is 0 Å². The largest absolute Gasteiger partial charge is 0.377 e. The first-order chi connectivity index (χ1) is 10.1. The van der Waals surface area contributed by atoms with Gasteiger partial charge in [0, 0.05) is 30.9 Å². The van der Waals surface area contributed by atoms with Crippen molar-refractivity contribution in [3.8, 4) is 0 Å². The van der Waals surface area contributed by atoms with Crippen LogP contribution in [0.3, 0.4) is 0 Å². The summed E-state index contributed by atoms with van der Waals surface area (Å²) >= 11 is 1.58. The lowest BCUT2D eigenvalue weighted by Crippen LogP contribution is -2.44. The molecule has 0 N–H and O–H groups in total. The zero-order valence-electron chi connectivity index (χ0n) is 12.3. The van der Waals surface area contributed by atoms with Gasteiger partial charge in [0.1, 0.15) is 0 Å². The Kier molecular flexibility index (Phi) is 4.07. The highest BCUT2D eigenvalue weighted by atomic mass is 32.1. The van der Waals surface area contributed by atoms with E-state index in [1.165, 1.54) is 0 Å². The second-order valence-electron chi connectivity index (χ2n) is 5.26. The Morgan fingerprint density at radius 1 is 1.57 bits per heavy atom. The van der Waals surface area contributed by atoms with Crippen LogP contribution in [0, 0.1) is 6.92 Å². The van der Waals surface area contributed by atoms with Gasteiger partial charge in [-0.3, -0.25) is 4.79 Å². The minimum Gasteiger partial charge on any atom is -0.377 e. The molecule has 5 nitrogen and oxygen atoms in total. The summed E-state index contributed by atoms with van der Waals surface area (Å²) in [5.74, 6) is 0.120. The summed E-state index contributed by atoms with van der Waals surface area (Å²) in [6.07, 6.45) is 2.36. The van der Waals surface area contributed by atoms with Gasteiger partial charge in [-0.15, -0.1) is 11.3 Å². The third-order valence-electron chi connectivity index (χ3n) is 3.77. The molecule has 6 heteroatoms. The molecular formula is C15H19N3O2S. The van der Waals surface area contributed by atoms with Crippen molar-refractivity contribution in [2.45, 2.75) is 19.4 Å². The molecule has 0 aliphatic carbocycles. The van der Waals surface area contributed by atoms with Gasteiger partial charge in [-0.05, 0) is 19.1 Å². The van der Waals surface area contributed by atoms with Crippen molar-refractivity contribution in [3.05, 3.63) is 40.1 Å². The van der Waals surface area contributed by atoms with Crippen molar-refractivity contribution in [1.29, 1.82) is 0 Å². The number of carbonyl (C=O) groups excluding carboxylic acids is 1. The van der Waals surface area contributed by atoms with Crippen LogP contribution >= 0.6 is 11.3 Å². The van der Waals surface area contributed by atoms with Crippen molar-refractivity contribution < 1.29 is 9.53 Å². The van der Waals surface area contributed by atoms with Crippen molar-refractivity contribution in [2.75, 3.05) is 19.8 Å². The lowest BCUT2D eigenvalue weighted by molar-refractivity contribution is -0.139. The Hall–Kier alpha value is -1.66. The molecule has 1 fully saturated rings. The average molecular weight is 305 g/mol. The van der Waals surface area contributed by atoms with E-state index in [1.807, 2.05) is 47.1 Å². The smallest absolute Gasteiger partial charge is 0.229 e. The topological polar surface area (TPSA) is 47.4 Å². The van der Waals surface area contributed by atoms with E-state index < -0.39 is 0 Å². The first-order valence-corrected chi connectivity index (χ1v) is 7.92. The molecule has 0 unspecified atom stereocenters. The zero-order valence-corrected chi connectivity index (χ0v) is 13.1. The van der Waals surface area contributed by atoms with Crippen LogP contribution in [0.25, 0.3) is 0 Å². The predicted octanol–water partition coefficient (Wildman–Crippen LogP) is 1.93. The van der Waals surface area contributed by atoms with Gasteiger partial charge >= 0.3 is 0 Å². The first-order valence-electron chi connectivity index (χ1n) is 7.04. The lowest BCUT2D eigenvalue weighted by Gasteiger charge is -2.36. The Balaban J connectivity index is 1.77. The standard InChI is InChI=1S/C15H19N3O2S/c1-11-16-12(10-21-11)8-15(19)18-6-7-20-9-14(18)13-4-3-5-17(13)2/h3-5,10,14H,6-9H2,1-2H3/t14-/m1/s1. The van der Waals surface area contributed by atoms with Crippen LogP contribution in [0.5, 0.6) is 0 Å². The predicted molar refractivity (Wildman–Crippen MR) is 81.2 cm³/mol. The number of aromatic nitrogens is 2. The maximum absolute atomic E-state index is 12.6. The van der Waals surface area contributed by atoms with Gasteiger partial charge in [-0.25, -0.2) is 4.98 Å². The van der Waals surface area contributed by atoms with Crippen molar-refractivity contribution in [3.63, 3.8) is 0 Å². The fourth-order valence-corrected chi connectivity index (χ4v) is 3.33. The van der Waals surface area contributed by atoms with Gasteiger partial charge in [0.05, 0.1) is 36.4 Å². The molecule has 0 saturated carbocycles. The number of morpholine rings is 1. The molecule has 1 aliphatic heterocycles. The van der Waals surface area contributed by atoms with Crippen LogP contribution in [0.2, 0.25) is 0 Å². The van der Waals surface area contributed by atoms with Gasteiger partial charge in [0.15, 0.2) is 0 Å². The van der Waals surface area contributed by atoms with E-state index in [-0.39, 0.29) is 11.9 Å². The van der Waals surface area contributed by atoms with Gasteiger partial charge < -0.3 is 14.2 Å². The number of rotatable bonds is 3. The highest BCUT2D eigenvalue weighted by Gasteiger charge is 2.30. The minimum absolute atomic E-state index is 0.00835. The van der Waals surface area contributed by atoms with E-state index in [2.05, 4.69) is 4.98 Å². The summed E-state index contributed by atoms with van der Waals surface area (Å²) in [7, 11) is 2.00. The molecule has 0 spiro atoms. The second kappa shape index (κ2) is 5.99. The Labute approximate surface area is 128 Å². The van der Waals surface area contributed by atoms with Crippen LogP contribution in [0.1, 0.15) is 22.4 Å². The summed E-state index contributed by atoms with van der Waals surface area (Å²) in [4.78, 5) is 18.9. The summed E-state index contributed by atoms with van der Waals surface area (Å²) in [6, 6.07) is 4.04. The molecule has 21 heavy (non-hydrogen) atoms. The second-order valence-corrected chi connectivity index (χ2v) is 6.32. The lowest BCUT2D eigenvalue weighted by atomic mass is 10.1. The third kappa shape index (κ3) is 3.01. The number of nitrogens with zero attached hydrogens (tertiary/aromatic N) is 3. The normalized spacial score (nSPS) is 19.0. The Bertz CT molecular complexity index is 634. The number of carbonyl (C=O) groups is 1. The fraction of sp³-hybridized carbons (Fsp3) is 0.467. The SMILES string of the molecule is Cc1nc(CC(=O)N2CCOC[C@@H]2c2cccn2C)cs1. The van der Waals surface area contributed by atoms with Gasteiger partial charge in [0.2, 0.25) is 5.91 Å². The highest BCUT2D eigenvalue weighted by Crippen LogP contribution is 2.25. The van der Waals surface area contributed by atoms with E-state index in [1.54, 1.807) is 11.3 Å². The quantitative estimate of drug-likeness (QED) is 0.870. The molecule has 1 amide bonds. The van der Waals surface area contributed by atoms with Crippen molar-refractivity contribution in [1.82, 2.24) is 14.5 Å². The minimum atomic E-state index is -0.00835. The van der Waals surface area contributed by atoms with E-state index >= 15 is 0 Å². The number of hydrogen-bond donors (Lipinski definition) is 0. The molecule has 0 radical (unpaired) electrons. The summed E-state index contributed by atoms with van der Waals surface area (Å²) < 4.78 is 7.62. The van der Waals surface area contributed by atoms with Gasteiger partial charge in [-0.2, -0.15) is 0 Å². The molecule has 0 bridgehead atoms. The molecule has 3 heterocycles. The number of hydrogen-bond acceptors (Lipinski definition) is 4. The van der Waals surface area contributed by atoms with Gasteiger partial charge in [-0.1, -0.05) is 0 Å². The van der Waals surface area contributed by atoms with Crippen LogP contribution in [0.4, 0.5) is 0 Å². The van der Waals surface area contributed by atoms with E-state index in [4.69, 9.17) is 4.74 Å². The summed E-state index contributed by atoms with van der Waals surface area (Å²) in [5, 5.41) is 2.96. The van der Waals surface area contributed by atoms with E-state index in [0.29, 0.717) is 26.2 Å². The molecule has 112 valence electrons. The van der Waals surface area contributed by atoms with E-state index in [9.17, 15) is 4.79 Å². The van der Waals surface area contributed by atoms with Crippen LogP contribution in [0.15, 0.2) is 23.7 Å². The first kappa shape index (κ1) is 14.3. The van der Waals surface area contributed by atoms with Crippen molar-refractivity contribution >= 4 is 17.2 Å².